The lowest BCUT2D eigenvalue weighted by molar-refractivity contribution is -0.275. The number of amides is 2. The molecule has 2 aliphatic rings. The van der Waals surface area contributed by atoms with Crippen molar-refractivity contribution >= 4 is 56.9 Å². The summed E-state index contributed by atoms with van der Waals surface area (Å²) in [7, 11) is 2.09. The van der Waals surface area contributed by atoms with Crippen LogP contribution in [0.2, 0.25) is 0 Å². The maximum absolute atomic E-state index is 12.4. The number of aliphatic hydroxyl groups is 1. The quantitative estimate of drug-likeness (QED) is 0.0953. The highest BCUT2D eigenvalue weighted by molar-refractivity contribution is 5.94. The molecule has 4 aromatic carbocycles. The standard InChI is InChI=1S/C24H26F3N5O3.C23H24F3N5O2/c25-24(26,27)35-20-5-1-17(2-6-20)3-8-22(34)29-19-4-7-21-18(15-19)16-28-23(30-21)32-11-9-31(10-12-32)13-14-33;1-30-10-12-31(13-11-30)22-27-15-17-14-18(5-8-20(17)29-22)28-21(32)9-4-16-2-6-19(7-3-16)33-23(24,25)26/h1-2,4-7,15-16,33H,3,8-14H2,(H,29,34);2-3,5-8,14-15H,4,9-13H2,1H3,(H,28,32). The SMILES string of the molecule is CN1CCN(c2ncc3cc(NC(=O)CCc4ccc(OC(F)(F)F)cc4)ccc3n2)CC1.O=C(CCc1ccc(OC(F)(F)F)cc1)Nc1ccc2nc(N3CCN(CCO)CC3)ncc2c1. The first-order chi connectivity index (χ1) is 32.5. The molecule has 2 saturated heterocycles. The summed E-state index contributed by atoms with van der Waals surface area (Å²) >= 11 is 0. The topological polar surface area (TPSA) is 161 Å². The van der Waals surface area contributed by atoms with E-state index in [0.717, 1.165) is 85.3 Å². The molecule has 68 heavy (non-hydrogen) atoms. The van der Waals surface area contributed by atoms with Crippen molar-refractivity contribution in [1.29, 1.82) is 0 Å². The third-order valence-corrected chi connectivity index (χ3v) is 11.2. The fraction of sp³-hybridized carbons (Fsp3) is 0.362. The molecule has 0 spiro atoms. The minimum atomic E-state index is -4.73. The van der Waals surface area contributed by atoms with Crippen LogP contribution in [0.4, 0.5) is 49.6 Å². The van der Waals surface area contributed by atoms with Crippen LogP contribution in [0.3, 0.4) is 0 Å². The summed E-state index contributed by atoms with van der Waals surface area (Å²) < 4.78 is 81.1. The van der Waals surface area contributed by atoms with Crippen molar-refractivity contribution in [2.75, 3.05) is 93.0 Å². The summed E-state index contributed by atoms with van der Waals surface area (Å²) in [6, 6.07) is 21.9. The number of alkyl halides is 6. The average Bonchev–Trinajstić information content (AvgIpc) is 3.30. The molecule has 8 rings (SSSR count). The summed E-state index contributed by atoms with van der Waals surface area (Å²) in [6.45, 7) is 7.80. The Morgan fingerprint density at radius 1 is 0.603 bits per heavy atom. The van der Waals surface area contributed by atoms with Crippen LogP contribution >= 0.6 is 0 Å². The Morgan fingerprint density at radius 3 is 1.41 bits per heavy atom. The molecule has 4 heterocycles. The van der Waals surface area contributed by atoms with Crippen LogP contribution < -0.4 is 29.9 Å². The number of hydrogen-bond donors (Lipinski definition) is 3. The molecule has 0 radical (unpaired) electrons. The fourth-order valence-electron chi connectivity index (χ4n) is 7.51. The number of aromatic nitrogens is 4. The zero-order valence-corrected chi connectivity index (χ0v) is 37.1. The van der Waals surface area contributed by atoms with Crippen molar-refractivity contribution < 1.29 is 50.5 Å². The summed E-state index contributed by atoms with van der Waals surface area (Å²) in [5, 5.41) is 16.4. The third kappa shape index (κ3) is 14.8. The number of carbonyl (C=O) groups excluding carboxylic acids is 2. The van der Waals surface area contributed by atoms with Gasteiger partial charge in [-0.1, -0.05) is 24.3 Å². The van der Waals surface area contributed by atoms with Gasteiger partial charge in [-0.05, 0) is 91.7 Å². The Kier molecular flexibility index (Phi) is 16.1. The minimum Gasteiger partial charge on any atom is -0.406 e. The fourth-order valence-corrected chi connectivity index (χ4v) is 7.51. The number of halogens is 6. The first-order valence-corrected chi connectivity index (χ1v) is 21.9. The van der Waals surface area contributed by atoms with Gasteiger partial charge in [-0.15, -0.1) is 26.3 Å². The first-order valence-electron chi connectivity index (χ1n) is 21.9. The van der Waals surface area contributed by atoms with Crippen LogP contribution in [0.25, 0.3) is 21.8 Å². The number of likely N-dealkylation sites (N-methyl/N-ethyl adjacent to an activating group) is 1. The number of aryl methyl sites for hydroxylation is 2. The van der Waals surface area contributed by atoms with E-state index in [1.165, 1.54) is 48.5 Å². The Labute approximate surface area is 387 Å². The maximum atomic E-state index is 12.4. The summed E-state index contributed by atoms with van der Waals surface area (Å²) in [5.41, 5.74) is 4.29. The molecule has 15 nitrogen and oxygen atoms in total. The van der Waals surface area contributed by atoms with Gasteiger partial charge in [0, 0.05) is 106 Å². The molecule has 360 valence electrons. The van der Waals surface area contributed by atoms with Gasteiger partial charge in [-0.3, -0.25) is 14.5 Å². The van der Waals surface area contributed by atoms with Crippen molar-refractivity contribution in [2.45, 2.75) is 38.4 Å². The smallest absolute Gasteiger partial charge is 0.406 e. The van der Waals surface area contributed by atoms with Crippen molar-refractivity contribution in [1.82, 2.24) is 29.7 Å². The lowest BCUT2D eigenvalue weighted by atomic mass is 10.1. The predicted molar refractivity (Wildman–Crippen MR) is 245 cm³/mol. The lowest BCUT2D eigenvalue weighted by Gasteiger charge is -2.34. The molecule has 0 aliphatic carbocycles. The number of hydrogen-bond acceptors (Lipinski definition) is 13. The Bertz CT molecular complexity index is 2620. The van der Waals surface area contributed by atoms with E-state index in [0.29, 0.717) is 42.7 Å². The van der Waals surface area contributed by atoms with Crippen LogP contribution in [0.5, 0.6) is 11.5 Å². The molecular weight excluding hydrogens is 899 g/mol. The van der Waals surface area contributed by atoms with Crippen LogP contribution in [0.1, 0.15) is 24.0 Å². The second-order valence-electron chi connectivity index (χ2n) is 16.2. The highest BCUT2D eigenvalue weighted by Gasteiger charge is 2.32. The monoisotopic (exact) mass is 948 g/mol. The van der Waals surface area contributed by atoms with Crippen molar-refractivity contribution in [3.63, 3.8) is 0 Å². The van der Waals surface area contributed by atoms with E-state index < -0.39 is 12.7 Å². The summed E-state index contributed by atoms with van der Waals surface area (Å²) in [5.74, 6) is 0.378. The van der Waals surface area contributed by atoms with Crippen LogP contribution in [-0.2, 0) is 22.4 Å². The zero-order chi connectivity index (χ0) is 48.3. The van der Waals surface area contributed by atoms with Gasteiger partial charge < -0.3 is 39.9 Å². The minimum absolute atomic E-state index is 0.152. The second-order valence-corrected chi connectivity index (χ2v) is 16.2. The van der Waals surface area contributed by atoms with Gasteiger partial charge in [-0.2, -0.15) is 0 Å². The molecule has 0 bridgehead atoms. The van der Waals surface area contributed by atoms with Gasteiger partial charge in [0.05, 0.1) is 17.6 Å². The Hall–Kier alpha value is -6.84. The number of piperazine rings is 2. The lowest BCUT2D eigenvalue weighted by Crippen LogP contribution is -2.47. The summed E-state index contributed by atoms with van der Waals surface area (Å²) in [4.78, 5) is 51.7. The van der Waals surface area contributed by atoms with Gasteiger partial charge in [0.1, 0.15) is 11.5 Å². The van der Waals surface area contributed by atoms with E-state index in [2.05, 4.69) is 66.7 Å². The zero-order valence-electron chi connectivity index (χ0n) is 37.1. The molecule has 2 fully saturated rings. The normalized spacial score (nSPS) is 14.9. The van der Waals surface area contributed by atoms with Gasteiger partial charge in [0.2, 0.25) is 23.7 Å². The highest BCUT2D eigenvalue weighted by atomic mass is 19.4. The van der Waals surface area contributed by atoms with Crippen molar-refractivity contribution in [2.24, 2.45) is 0 Å². The number of benzene rings is 4. The highest BCUT2D eigenvalue weighted by Crippen LogP contribution is 2.26. The largest absolute Gasteiger partial charge is 0.573 e. The predicted octanol–water partition coefficient (Wildman–Crippen LogP) is 7.07. The van der Waals surface area contributed by atoms with Crippen molar-refractivity contribution in [3.8, 4) is 11.5 Å². The number of anilines is 4. The molecule has 21 heteroatoms. The van der Waals surface area contributed by atoms with E-state index in [-0.39, 0.29) is 42.8 Å². The summed E-state index contributed by atoms with van der Waals surface area (Å²) in [6.07, 6.45) is -4.82. The van der Waals surface area contributed by atoms with E-state index in [1.54, 1.807) is 30.6 Å². The second kappa shape index (κ2) is 22.3. The molecule has 0 atom stereocenters. The number of rotatable bonds is 14. The van der Waals surface area contributed by atoms with Gasteiger partial charge in [0.25, 0.3) is 0 Å². The van der Waals surface area contributed by atoms with Crippen LogP contribution in [0, 0.1) is 0 Å². The Balaban J connectivity index is 0.000000202. The third-order valence-electron chi connectivity index (χ3n) is 11.2. The number of carbonyl (C=O) groups is 2. The van der Waals surface area contributed by atoms with E-state index in [4.69, 9.17) is 5.11 Å². The number of aliphatic hydroxyl groups excluding tert-OH is 1. The molecule has 6 aromatic rings. The Morgan fingerprint density at radius 2 is 1.01 bits per heavy atom. The number of fused-ring (bicyclic) bond motifs is 2. The molecule has 2 amide bonds. The number of ether oxygens (including phenoxy) is 2. The average molecular weight is 949 g/mol. The van der Waals surface area contributed by atoms with Gasteiger partial charge in [-0.25, -0.2) is 19.9 Å². The van der Waals surface area contributed by atoms with E-state index >= 15 is 0 Å². The molecule has 2 aromatic heterocycles. The van der Waals surface area contributed by atoms with E-state index in [1.807, 2.05) is 18.2 Å². The number of nitrogens with zero attached hydrogens (tertiary/aromatic N) is 8. The number of nitrogens with one attached hydrogen (secondary N) is 2. The molecule has 3 N–H and O–H groups in total. The molecule has 0 unspecified atom stereocenters. The first kappa shape index (κ1) is 49.1. The maximum Gasteiger partial charge on any atom is 0.573 e. The molecule has 0 saturated carbocycles. The molecule has 2 aliphatic heterocycles. The number of β-amino-alcohol motifs (C(OH)–C–C–N with tert-alkyl or cyclic N) is 1. The van der Waals surface area contributed by atoms with Crippen LogP contribution in [0.15, 0.2) is 97.3 Å². The van der Waals surface area contributed by atoms with Crippen LogP contribution in [-0.4, -0.2) is 132 Å². The molecular formula is C47H50F6N10O5. The van der Waals surface area contributed by atoms with Gasteiger partial charge >= 0.3 is 12.7 Å². The van der Waals surface area contributed by atoms with E-state index in [9.17, 15) is 35.9 Å². The van der Waals surface area contributed by atoms with Gasteiger partial charge in [0.15, 0.2) is 0 Å². The van der Waals surface area contributed by atoms with Crippen molar-refractivity contribution in [3.05, 3.63) is 108 Å².